The zero-order valence-corrected chi connectivity index (χ0v) is 12.9. The first-order valence-corrected chi connectivity index (χ1v) is 7.03. The molecule has 2 rings (SSSR count). The first-order valence-electron chi connectivity index (χ1n) is 6.23. The van der Waals surface area contributed by atoms with E-state index in [4.69, 9.17) is 4.42 Å². The van der Waals surface area contributed by atoms with E-state index in [1.165, 1.54) is 12.7 Å². The molecule has 0 aliphatic rings. The van der Waals surface area contributed by atoms with Crippen LogP contribution in [0.2, 0.25) is 0 Å². The Morgan fingerprint density at radius 3 is 2.60 bits per heavy atom. The zero-order valence-electron chi connectivity index (χ0n) is 11.4. The van der Waals surface area contributed by atoms with Crippen molar-refractivity contribution < 1.29 is 13.9 Å². The number of likely N-dealkylation sites (N-methyl/N-ethyl adjacent to an activating group) is 1. The quantitative estimate of drug-likeness (QED) is 0.850. The van der Waals surface area contributed by atoms with E-state index in [2.05, 4.69) is 38.1 Å². The van der Waals surface area contributed by atoms with Gasteiger partial charge in [0.1, 0.15) is 5.76 Å². The van der Waals surface area contributed by atoms with Gasteiger partial charge in [0, 0.05) is 4.47 Å². The molecule has 1 N–H and O–H groups in total. The molecular formula is C15H16BrNO3. The van der Waals surface area contributed by atoms with Crippen molar-refractivity contribution in [2.45, 2.75) is 12.5 Å². The SMILES string of the molecule is CNC(Cc1ccc(Br)cc1)c1ccc(C(=O)OC)o1. The summed E-state index contributed by atoms with van der Waals surface area (Å²) in [6, 6.07) is 11.6. The Balaban J connectivity index is 2.13. The topological polar surface area (TPSA) is 51.5 Å². The average molecular weight is 338 g/mol. The molecule has 0 amide bonds. The van der Waals surface area contributed by atoms with Gasteiger partial charge in [0.15, 0.2) is 0 Å². The molecule has 0 radical (unpaired) electrons. The van der Waals surface area contributed by atoms with Gasteiger partial charge in [-0.3, -0.25) is 0 Å². The third kappa shape index (κ3) is 3.49. The van der Waals surface area contributed by atoms with Crippen molar-refractivity contribution in [2.24, 2.45) is 0 Å². The predicted octanol–water partition coefficient (Wildman–Crippen LogP) is 3.33. The minimum atomic E-state index is -0.463. The Labute approximate surface area is 126 Å². The molecule has 4 nitrogen and oxygen atoms in total. The molecule has 2 aromatic rings. The highest BCUT2D eigenvalue weighted by Crippen LogP contribution is 2.22. The fourth-order valence-electron chi connectivity index (χ4n) is 1.95. The largest absolute Gasteiger partial charge is 0.463 e. The van der Waals surface area contributed by atoms with Crippen molar-refractivity contribution in [1.82, 2.24) is 5.32 Å². The Morgan fingerprint density at radius 1 is 1.30 bits per heavy atom. The van der Waals surface area contributed by atoms with Crippen LogP contribution in [-0.2, 0) is 11.2 Å². The summed E-state index contributed by atoms with van der Waals surface area (Å²) in [5.74, 6) is 0.476. The Hall–Kier alpha value is -1.59. The maximum Gasteiger partial charge on any atom is 0.373 e. The van der Waals surface area contributed by atoms with Crippen LogP contribution < -0.4 is 5.32 Å². The number of methoxy groups -OCH3 is 1. The summed E-state index contributed by atoms with van der Waals surface area (Å²) in [5.41, 5.74) is 1.18. The molecule has 1 aromatic carbocycles. The smallest absolute Gasteiger partial charge is 0.373 e. The normalized spacial score (nSPS) is 12.2. The van der Waals surface area contributed by atoms with Crippen molar-refractivity contribution >= 4 is 21.9 Å². The van der Waals surface area contributed by atoms with Gasteiger partial charge in [0.2, 0.25) is 5.76 Å². The number of halogens is 1. The zero-order chi connectivity index (χ0) is 14.5. The van der Waals surface area contributed by atoms with Crippen LogP contribution >= 0.6 is 15.9 Å². The lowest BCUT2D eigenvalue weighted by molar-refractivity contribution is 0.0562. The molecule has 0 fully saturated rings. The Kier molecular flexibility index (Phi) is 4.98. The second kappa shape index (κ2) is 6.72. The second-order valence-corrected chi connectivity index (χ2v) is 5.28. The summed E-state index contributed by atoms with van der Waals surface area (Å²) in [6.45, 7) is 0. The van der Waals surface area contributed by atoms with Crippen LogP contribution in [0.5, 0.6) is 0 Å². The molecule has 0 spiro atoms. The fraction of sp³-hybridized carbons (Fsp3) is 0.267. The van der Waals surface area contributed by atoms with Crippen LogP contribution in [0.4, 0.5) is 0 Å². The summed E-state index contributed by atoms with van der Waals surface area (Å²) >= 11 is 3.42. The van der Waals surface area contributed by atoms with Gasteiger partial charge >= 0.3 is 5.97 Å². The second-order valence-electron chi connectivity index (χ2n) is 4.37. The molecule has 0 aliphatic heterocycles. The van der Waals surface area contributed by atoms with Gasteiger partial charge in [-0.25, -0.2) is 4.79 Å². The molecule has 1 aromatic heterocycles. The van der Waals surface area contributed by atoms with E-state index in [9.17, 15) is 4.79 Å². The number of nitrogens with one attached hydrogen (secondary N) is 1. The van der Waals surface area contributed by atoms with Crippen LogP contribution in [-0.4, -0.2) is 20.1 Å². The third-order valence-corrected chi connectivity index (χ3v) is 3.59. The van der Waals surface area contributed by atoms with Crippen LogP contribution in [0.15, 0.2) is 45.3 Å². The van der Waals surface area contributed by atoms with Gasteiger partial charge in [0.25, 0.3) is 0 Å². The number of benzene rings is 1. The standard InChI is InChI=1S/C15H16BrNO3/c1-17-12(9-10-3-5-11(16)6-4-10)13-7-8-14(20-13)15(18)19-2/h3-8,12,17H,9H2,1-2H3. The molecule has 106 valence electrons. The first-order chi connectivity index (χ1) is 9.63. The molecule has 5 heteroatoms. The van der Waals surface area contributed by atoms with E-state index in [1.54, 1.807) is 12.1 Å². The summed E-state index contributed by atoms with van der Waals surface area (Å²) < 4.78 is 11.2. The highest BCUT2D eigenvalue weighted by molar-refractivity contribution is 9.10. The van der Waals surface area contributed by atoms with Crippen molar-refractivity contribution in [3.8, 4) is 0 Å². The Bertz CT molecular complexity index is 577. The highest BCUT2D eigenvalue weighted by Gasteiger charge is 2.17. The first kappa shape index (κ1) is 14.8. The lowest BCUT2D eigenvalue weighted by Gasteiger charge is -2.13. The van der Waals surface area contributed by atoms with E-state index in [-0.39, 0.29) is 11.8 Å². The maximum absolute atomic E-state index is 11.4. The number of carbonyl (C=O) groups is 1. The maximum atomic E-state index is 11.4. The van der Waals surface area contributed by atoms with Crippen molar-refractivity contribution in [3.63, 3.8) is 0 Å². The molecule has 0 saturated heterocycles. The van der Waals surface area contributed by atoms with Crippen LogP contribution in [0.25, 0.3) is 0 Å². The van der Waals surface area contributed by atoms with Gasteiger partial charge in [-0.05, 0) is 43.3 Å². The number of furan rings is 1. The van der Waals surface area contributed by atoms with Gasteiger partial charge in [0.05, 0.1) is 13.2 Å². The monoisotopic (exact) mass is 337 g/mol. The lowest BCUT2D eigenvalue weighted by atomic mass is 10.0. The number of hydrogen-bond acceptors (Lipinski definition) is 4. The van der Waals surface area contributed by atoms with E-state index in [0.29, 0.717) is 0 Å². The molecule has 1 heterocycles. The summed E-state index contributed by atoms with van der Waals surface area (Å²) in [6.07, 6.45) is 0.776. The third-order valence-electron chi connectivity index (χ3n) is 3.06. The molecule has 1 unspecified atom stereocenters. The fourth-order valence-corrected chi connectivity index (χ4v) is 2.22. The van der Waals surface area contributed by atoms with Gasteiger partial charge < -0.3 is 14.5 Å². The summed E-state index contributed by atoms with van der Waals surface area (Å²) in [7, 11) is 3.20. The van der Waals surface area contributed by atoms with Crippen LogP contribution in [0.1, 0.15) is 27.9 Å². The number of rotatable bonds is 5. The lowest BCUT2D eigenvalue weighted by Crippen LogP contribution is -2.18. The molecule has 0 aliphatic carbocycles. The molecule has 0 bridgehead atoms. The van der Waals surface area contributed by atoms with Crippen molar-refractivity contribution in [2.75, 3.05) is 14.2 Å². The highest BCUT2D eigenvalue weighted by atomic mass is 79.9. The van der Waals surface area contributed by atoms with Crippen molar-refractivity contribution in [3.05, 3.63) is 58.0 Å². The minimum Gasteiger partial charge on any atom is -0.463 e. The number of esters is 1. The number of ether oxygens (including phenoxy) is 1. The van der Waals surface area contributed by atoms with E-state index >= 15 is 0 Å². The molecular weight excluding hydrogens is 322 g/mol. The van der Waals surface area contributed by atoms with Crippen LogP contribution in [0, 0.1) is 0 Å². The number of hydrogen-bond donors (Lipinski definition) is 1. The van der Waals surface area contributed by atoms with E-state index < -0.39 is 5.97 Å². The van der Waals surface area contributed by atoms with E-state index in [0.717, 1.165) is 16.7 Å². The molecule has 0 saturated carbocycles. The predicted molar refractivity (Wildman–Crippen MR) is 79.7 cm³/mol. The Morgan fingerprint density at radius 2 is 2.00 bits per heavy atom. The van der Waals surface area contributed by atoms with Gasteiger partial charge in [-0.1, -0.05) is 28.1 Å². The van der Waals surface area contributed by atoms with E-state index in [1.807, 2.05) is 19.2 Å². The summed E-state index contributed by atoms with van der Waals surface area (Å²) in [5, 5.41) is 3.19. The van der Waals surface area contributed by atoms with Crippen molar-refractivity contribution in [1.29, 1.82) is 0 Å². The average Bonchev–Trinajstić information content (AvgIpc) is 2.95. The van der Waals surface area contributed by atoms with Gasteiger partial charge in [-0.15, -0.1) is 0 Å². The molecule has 20 heavy (non-hydrogen) atoms. The molecule has 1 atom stereocenters. The van der Waals surface area contributed by atoms with Crippen LogP contribution in [0.3, 0.4) is 0 Å². The minimum absolute atomic E-state index is 0.00887. The number of carbonyl (C=O) groups excluding carboxylic acids is 1. The van der Waals surface area contributed by atoms with Gasteiger partial charge in [-0.2, -0.15) is 0 Å². The summed E-state index contributed by atoms with van der Waals surface area (Å²) in [4.78, 5) is 11.4.